The quantitative estimate of drug-likeness (QED) is 0.569. The van der Waals surface area contributed by atoms with Crippen LogP contribution in [0.1, 0.15) is 30.9 Å². The van der Waals surface area contributed by atoms with Crippen molar-refractivity contribution in [3.05, 3.63) is 41.9 Å². The van der Waals surface area contributed by atoms with Gasteiger partial charge in [0.05, 0.1) is 17.4 Å². The van der Waals surface area contributed by atoms with Crippen molar-refractivity contribution in [3.8, 4) is 5.88 Å². The van der Waals surface area contributed by atoms with E-state index in [9.17, 15) is 22.8 Å². The van der Waals surface area contributed by atoms with E-state index in [2.05, 4.69) is 20.4 Å². The number of aromatic nitrogens is 4. The van der Waals surface area contributed by atoms with Crippen molar-refractivity contribution in [2.75, 3.05) is 25.0 Å². The summed E-state index contributed by atoms with van der Waals surface area (Å²) in [5, 5.41) is 8.07. The van der Waals surface area contributed by atoms with Crippen LogP contribution in [0, 0.1) is 12.8 Å². The summed E-state index contributed by atoms with van der Waals surface area (Å²) >= 11 is 0. The molecule has 4 heterocycles. The molecule has 0 unspecified atom stereocenters. The van der Waals surface area contributed by atoms with Gasteiger partial charge in [-0.05, 0) is 37.5 Å². The molecule has 3 aromatic heterocycles. The normalized spacial score (nSPS) is 14.8. The number of alkyl halides is 3. The predicted molar refractivity (Wildman–Crippen MR) is 121 cm³/mol. The molecule has 0 saturated carbocycles. The number of carbonyl (C=O) groups excluding carboxylic acids is 2. The number of nitrogens with one attached hydrogen (secondary N) is 1. The highest BCUT2D eigenvalue weighted by Gasteiger charge is 2.29. The second kappa shape index (κ2) is 9.88. The Labute approximate surface area is 199 Å². The van der Waals surface area contributed by atoms with Crippen LogP contribution in [-0.2, 0) is 16.1 Å². The number of hydrogen-bond donors (Lipinski definition) is 1. The van der Waals surface area contributed by atoms with Gasteiger partial charge in [0.15, 0.2) is 6.61 Å². The zero-order chi connectivity index (χ0) is 25.2. The maximum atomic E-state index is 12.8. The maximum Gasteiger partial charge on any atom is 0.422 e. The SMILES string of the molecule is CC(=O)N1CCC(C(=O)Nc2nccc3nn(Cc4cnc(OCC(F)(F)F)c(C)c4)cc23)CC1. The van der Waals surface area contributed by atoms with Crippen LogP contribution < -0.4 is 10.1 Å². The molecule has 1 aliphatic heterocycles. The molecule has 1 fully saturated rings. The molecule has 0 bridgehead atoms. The fraction of sp³-hybridized carbons (Fsp3) is 0.435. The summed E-state index contributed by atoms with van der Waals surface area (Å²) in [4.78, 5) is 34.3. The van der Waals surface area contributed by atoms with Crippen molar-refractivity contribution in [1.82, 2.24) is 24.6 Å². The monoisotopic (exact) mass is 490 g/mol. The number of aryl methyl sites for hydroxylation is 1. The Morgan fingerprint density at radius 2 is 1.97 bits per heavy atom. The molecular formula is C23H25F3N6O3. The Morgan fingerprint density at radius 3 is 2.63 bits per heavy atom. The Morgan fingerprint density at radius 1 is 1.23 bits per heavy atom. The highest BCUT2D eigenvalue weighted by Crippen LogP contribution is 2.25. The minimum atomic E-state index is -4.44. The highest BCUT2D eigenvalue weighted by molar-refractivity contribution is 6.00. The summed E-state index contributed by atoms with van der Waals surface area (Å²) in [5.74, 6) is -0.00499. The predicted octanol–water partition coefficient (Wildman–Crippen LogP) is 3.32. The lowest BCUT2D eigenvalue weighted by atomic mass is 9.96. The first kappa shape index (κ1) is 24.4. The number of nitrogens with zero attached hydrogens (tertiary/aromatic N) is 5. The number of carbonyl (C=O) groups is 2. The van der Waals surface area contributed by atoms with Gasteiger partial charge in [-0.25, -0.2) is 9.97 Å². The molecule has 4 rings (SSSR count). The Hall–Kier alpha value is -3.70. The smallest absolute Gasteiger partial charge is 0.422 e. The third-order valence-corrected chi connectivity index (χ3v) is 5.84. The molecule has 0 spiro atoms. The third-order valence-electron chi connectivity index (χ3n) is 5.84. The molecule has 3 aromatic rings. The maximum absolute atomic E-state index is 12.8. The lowest BCUT2D eigenvalue weighted by Crippen LogP contribution is -2.40. The molecule has 35 heavy (non-hydrogen) atoms. The molecule has 2 amide bonds. The summed E-state index contributed by atoms with van der Waals surface area (Å²) in [6.45, 7) is 3.17. The number of halogens is 3. The first-order chi connectivity index (χ1) is 16.6. The molecule has 186 valence electrons. The van der Waals surface area contributed by atoms with Crippen molar-refractivity contribution in [2.24, 2.45) is 5.92 Å². The molecule has 0 atom stereocenters. The standard InChI is InChI=1S/C23H25F3N6O3/c1-14-9-16(10-28-22(14)35-13-23(24,25)26)11-32-12-18-19(30-32)3-6-27-20(18)29-21(34)17-4-7-31(8-5-17)15(2)33/h3,6,9-10,12,17H,4-5,7-8,11,13H2,1-2H3,(H,27,29,34). The van der Waals surface area contributed by atoms with Gasteiger partial charge in [0, 0.05) is 50.1 Å². The molecule has 1 saturated heterocycles. The molecule has 0 aromatic carbocycles. The summed E-state index contributed by atoms with van der Waals surface area (Å²) in [5.41, 5.74) is 1.84. The van der Waals surface area contributed by atoms with Gasteiger partial charge in [0.25, 0.3) is 0 Å². The Kier molecular flexibility index (Phi) is 6.90. The van der Waals surface area contributed by atoms with Crippen molar-refractivity contribution in [2.45, 2.75) is 39.4 Å². The average molecular weight is 490 g/mol. The van der Waals surface area contributed by atoms with Crippen LogP contribution in [-0.4, -0.2) is 62.3 Å². The molecule has 9 nitrogen and oxygen atoms in total. The van der Waals surface area contributed by atoms with Crippen LogP contribution in [0.4, 0.5) is 19.0 Å². The van der Waals surface area contributed by atoms with Gasteiger partial charge in [-0.1, -0.05) is 0 Å². The summed E-state index contributed by atoms with van der Waals surface area (Å²) in [6.07, 6.45) is 1.51. The van der Waals surface area contributed by atoms with Crippen molar-refractivity contribution < 1.29 is 27.5 Å². The van der Waals surface area contributed by atoms with Crippen LogP contribution in [0.25, 0.3) is 10.9 Å². The third kappa shape index (κ3) is 6.06. The van der Waals surface area contributed by atoms with E-state index in [-0.39, 0.29) is 23.6 Å². The summed E-state index contributed by atoms with van der Waals surface area (Å²) in [6, 6.07) is 3.42. The van der Waals surface area contributed by atoms with E-state index in [0.29, 0.717) is 54.8 Å². The van der Waals surface area contributed by atoms with Crippen LogP contribution in [0.2, 0.25) is 0 Å². The molecule has 1 N–H and O–H groups in total. The first-order valence-electron chi connectivity index (χ1n) is 11.1. The molecule has 1 aliphatic rings. The van der Waals surface area contributed by atoms with Crippen molar-refractivity contribution >= 4 is 28.5 Å². The van der Waals surface area contributed by atoms with E-state index < -0.39 is 12.8 Å². The fourth-order valence-corrected chi connectivity index (χ4v) is 4.04. The minimum Gasteiger partial charge on any atom is -0.468 e. The first-order valence-corrected chi connectivity index (χ1v) is 11.1. The fourth-order valence-electron chi connectivity index (χ4n) is 4.04. The van der Waals surface area contributed by atoms with E-state index in [1.54, 1.807) is 41.0 Å². The molecular weight excluding hydrogens is 465 g/mol. The van der Waals surface area contributed by atoms with Crippen LogP contribution in [0.5, 0.6) is 5.88 Å². The summed E-state index contributed by atoms with van der Waals surface area (Å²) in [7, 11) is 0. The topological polar surface area (TPSA) is 102 Å². The van der Waals surface area contributed by atoms with E-state index in [1.807, 2.05) is 0 Å². The van der Waals surface area contributed by atoms with E-state index in [1.165, 1.54) is 13.1 Å². The lowest BCUT2D eigenvalue weighted by Gasteiger charge is -2.30. The van der Waals surface area contributed by atoms with E-state index >= 15 is 0 Å². The number of fused-ring (bicyclic) bond motifs is 1. The number of piperidine rings is 1. The number of pyridine rings is 2. The van der Waals surface area contributed by atoms with Gasteiger partial charge in [-0.3, -0.25) is 14.3 Å². The largest absolute Gasteiger partial charge is 0.468 e. The van der Waals surface area contributed by atoms with Crippen molar-refractivity contribution in [1.29, 1.82) is 0 Å². The summed E-state index contributed by atoms with van der Waals surface area (Å²) < 4.78 is 43.6. The number of anilines is 1. The van der Waals surface area contributed by atoms with Gasteiger partial charge < -0.3 is 15.0 Å². The van der Waals surface area contributed by atoms with Gasteiger partial charge in [0.2, 0.25) is 17.7 Å². The number of ether oxygens (including phenoxy) is 1. The van der Waals surface area contributed by atoms with Gasteiger partial charge in [-0.15, -0.1) is 0 Å². The number of rotatable bonds is 6. The number of likely N-dealkylation sites (tertiary alicyclic amines) is 1. The van der Waals surface area contributed by atoms with Crippen LogP contribution >= 0.6 is 0 Å². The van der Waals surface area contributed by atoms with Crippen molar-refractivity contribution in [3.63, 3.8) is 0 Å². The van der Waals surface area contributed by atoms with Gasteiger partial charge in [-0.2, -0.15) is 18.3 Å². The Bertz CT molecular complexity index is 1230. The number of hydrogen-bond acceptors (Lipinski definition) is 6. The molecule has 12 heteroatoms. The van der Waals surface area contributed by atoms with E-state index in [4.69, 9.17) is 4.74 Å². The molecule has 0 aliphatic carbocycles. The second-order valence-corrected chi connectivity index (χ2v) is 8.56. The highest BCUT2D eigenvalue weighted by atomic mass is 19.4. The van der Waals surface area contributed by atoms with Crippen LogP contribution in [0.3, 0.4) is 0 Å². The number of amides is 2. The lowest BCUT2D eigenvalue weighted by molar-refractivity contribution is -0.154. The van der Waals surface area contributed by atoms with Crippen LogP contribution in [0.15, 0.2) is 30.7 Å². The average Bonchev–Trinajstić information content (AvgIpc) is 3.21. The van der Waals surface area contributed by atoms with Gasteiger partial charge >= 0.3 is 6.18 Å². The zero-order valence-electron chi connectivity index (χ0n) is 19.3. The Balaban J connectivity index is 1.44. The van der Waals surface area contributed by atoms with Gasteiger partial charge in [0.1, 0.15) is 5.82 Å². The zero-order valence-corrected chi connectivity index (χ0v) is 19.3. The van der Waals surface area contributed by atoms with E-state index in [0.717, 1.165) is 5.56 Å². The molecule has 0 radical (unpaired) electrons. The second-order valence-electron chi connectivity index (χ2n) is 8.56. The minimum absolute atomic E-state index is 0.0107.